The van der Waals surface area contributed by atoms with Crippen molar-refractivity contribution < 1.29 is 13.2 Å². The van der Waals surface area contributed by atoms with E-state index in [1.165, 1.54) is 23.5 Å². The van der Waals surface area contributed by atoms with Crippen LogP contribution in [0, 0.1) is 6.92 Å². The van der Waals surface area contributed by atoms with Crippen molar-refractivity contribution in [3.8, 4) is 0 Å². The number of nitrogens with zero attached hydrogens (tertiary/aromatic N) is 4. The molecule has 0 unspecified atom stereocenters. The van der Waals surface area contributed by atoms with Gasteiger partial charge < -0.3 is 4.90 Å². The zero-order chi connectivity index (χ0) is 19.9. The highest BCUT2D eigenvalue weighted by molar-refractivity contribution is 7.15. The molecule has 4 rings (SSSR count). The maximum Gasteiger partial charge on any atom is 0.416 e. The first kappa shape index (κ1) is 18.9. The van der Waals surface area contributed by atoms with Gasteiger partial charge in [0.15, 0.2) is 4.96 Å². The molecule has 28 heavy (non-hydrogen) atoms. The molecule has 1 fully saturated rings. The predicted octanol–water partition coefficient (Wildman–Crippen LogP) is 3.41. The van der Waals surface area contributed by atoms with Gasteiger partial charge in [-0.2, -0.15) is 13.2 Å². The van der Waals surface area contributed by atoms with Gasteiger partial charge in [0.1, 0.15) is 0 Å². The molecule has 0 spiro atoms. The van der Waals surface area contributed by atoms with E-state index >= 15 is 0 Å². The van der Waals surface area contributed by atoms with Crippen LogP contribution in [0.2, 0.25) is 0 Å². The van der Waals surface area contributed by atoms with Crippen molar-refractivity contribution in [1.82, 2.24) is 14.3 Å². The highest BCUT2D eigenvalue weighted by Gasteiger charge is 2.31. The second-order valence-electron chi connectivity index (χ2n) is 6.89. The minimum atomic E-state index is -4.34. The van der Waals surface area contributed by atoms with Crippen molar-refractivity contribution >= 4 is 22.0 Å². The van der Waals surface area contributed by atoms with Crippen LogP contribution in [0.1, 0.15) is 17.0 Å². The Kier molecular flexibility index (Phi) is 4.88. The number of aryl methyl sites for hydroxylation is 1. The second-order valence-corrected chi connectivity index (χ2v) is 7.73. The molecule has 5 nitrogen and oxygen atoms in total. The molecular formula is C19H19F3N4OS. The Labute approximate surface area is 163 Å². The van der Waals surface area contributed by atoms with Crippen LogP contribution in [0.3, 0.4) is 0 Å². The number of hydrogen-bond donors (Lipinski definition) is 0. The lowest BCUT2D eigenvalue weighted by Crippen LogP contribution is -2.46. The molecule has 9 heteroatoms. The Morgan fingerprint density at radius 3 is 2.61 bits per heavy atom. The second kappa shape index (κ2) is 7.21. The van der Waals surface area contributed by atoms with Crippen molar-refractivity contribution in [2.45, 2.75) is 19.6 Å². The Hall–Kier alpha value is -2.39. The van der Waals surface area contributed by atoms with Gasteiger partial charge in [-0.15, -0.1) is 11.3 Å². The number of halogens is 3. The van der Waals surface area contributed by atoms with Crippen molar-refractivity contribution in [2.75, 3.05) is 31.1 Å². The van der Waals surface area contributed by atoms with Crippen molar-refractivity contribution in [3.63, 3.8) is 0 Å². The summed E-state index contributed by atoms with van der Waals surface area (Å²) >= 11 is 1.44. The lowest BCUT2D eigenvalue weighted by atomic mass is 10.1. The number of thiazole rings is 1. The lowest BCUT2D eigenvalue weighted by Gasteiger charge is -2.36. The Morgan fingerprint density at radius 1 is 1.14 bits per heavy atom. The molecule has 0 bridgehead atoms. The largest absolute Gasteiger partial charge is 0.416 e. The minimum Gasteiger partial charge on any atom is -0.369 e. The Balaban J connectivity index is 1.43. The molecule has 0 radical (unpaired) electrons. The summed E-state index contributed by atoms with van der Waals surface area (Å²) in [4.78, 5) is 21.7. The number of alkyl halides is 3. The van der Waals surface area contributed by atoms with Crippen LogP contribution >= 0.6 is 11.3 Å². The van der Waals surface area contributed by atoms with Gasteiger partial charge >= 0.3 is 6.18 Å². The molecular weight excluding hydrogens is 389 g/mol. The molecule has 0 aliphatic carbocycles. The van der Waals surface area contributed by atoms with E-state index in [9.17, 15) is 18.0 Å². The molecule has 1 aliphatic rings. The molecule has 0 saturated carbocycles. The molecule has 0 amide bonds. The molecule has 1 aliphatic heterocycles. The van der Waals surface area contributed by atoms with Gasteiger partial charge in [-0.1, -0.05) is 6.07 Å². The summed E-state index contributed by atoms with van der Waals surface area (Å²) in [6.45, 7) is 5.07. The quantitative estimate of drug-likeness (QED) is 0.666. The third-order valence-corrected chi connectivity index (χ3v) is 5.87. The smallest absolute Gasteiger partial charge is 0.369 e. The summed E-state index contributed by atoms with van der Waals surface area (Å²) in [5, 5.41) is 1.90. The Morgan fingerprint density at radius 2 is 1.89 bits per heavy atom. The van der Waals surface area contributed by atoms with Gasteiger partial charge in [0.2, 0.25) is 0 Å². The van der Waals surface area contributed by atoms with E-state index in [0.29, 0.717) is 43.4 Å². The molecule has 0 atom stereocenters. The third-order valence-electron chi connectivity index (χ3n) is 4.93. The van der Waals surface area contributed by atoms with Crippen LogP contribution in [0.5, 0.6) is 0 Å². The number of fused-ring (bicyclic) bond motifs is 1. The molecule has 3 heterocycles. The highest BCUT2D eigenvalue weighted by atomic mass is 32.1. The van der Waals surface area contributed by atoms with Crippen LogP contribution in [-0.4, -0.2) is 40.5 Å². The first-order valence-corrected chi connectivity index (χ1v) is 9.80. The van der Waals surface area contributed by atoms with E-state index < -0.39 is 11.7 Å². The van der Waals surface area contributed by atoms with E-state index in [1.807, 2.05) is 17.2 Å². The van der Waals surface area contributed by atoms with E-state index in [-0.39, 0.29) is 5.56 Å². The standard InChI is InChI=1S/C19H19F3N4OS/c1-13-12-28-18-23-15(10-17(27)26(13)18)11-24-5-7-25(8-6-24)16-4-2-3-14(9-16)19(20,21)22/h2-4,9-10,12H,5-8,11H2,1H3. The first-order valence-electron chi connectivity index (χ1n) is 8.92. The molecule has 2 aromatic heterocycles. The predicted molar refractivity (Wildman–Crippen MR) is 103 cm³/mol. The maximum absolute atomic E-state index is 12.9. The topological polar surface area (TPSA) is 40.9 Å². The SMILES string of the molecule is Cc1csc2nc(CN3CCN(c4cccc(C(F)(F)F)c4)CC3)cc(=O)n12. The van der Waals surface area contributed by atoms with E-state index in [4.69, 9.17) is 0 Å². The van der Waals surface area contributed by atoms with Crippen LogP contribution in [0.4, 0.5) is 18.9 Å². The van der Waals surface area contributed by atoms with E-state index in [2.05, 4.69) is 9.88 Å². The highest BCUT2D eigenvalue weighted by Crippen LogP contribution is 2.31. The van der Waals surface area contributed by atoms with Gasteiger partial charge in [0.25, 0.3) is 5.56 Å². The molecule has 1 aromatic carbocycles. The van der Waals surface area contributed by atoms with Gasteiger partial charge in [-0.05, 0) is 25.1 Å². The zero-order valence-corrected chi connectivity index (χ0v) is 16.1. The first-order chi connectivity index (χ1) is 13.3. The summed E-state index contributed by atoms with van der Waals surface area (Å²) < 4.78 is 40.4. The third kappa shape index (κ3) is 3.77. The van der Waals surface area contributed by atoms with Gasteiger partial charge in [-0.25, -0.2) is 4.98 Å². The van der Waals surface area contributed by atoms with Crippen molar-refractivity contribution in [3.05, 3.63) is 63.0 Å². The number of rotatable bonds is 3. The summed E-state index contributed by atoms with van der Waals surface area (Å²) in [6.07, 6.45) is -4.34. The summed E-state index contributed by atoms with van der Waals surface area (Å²) in [6, 6.07) is 7.00. The fraction of sp³-hybridized carbons (Fsp3) is 0.368. The molecule has 1 saturated heterocycles. The van der Waals surface area contributed by atoms with Crippen molar-refractivity contribution in [1.29, 1.82) is 0 Å². The lowest BCUT2D eigenvalue weighted by molar-refractivity contribution is -0.137. The van der Waals surface area contributed by atoms with Gasteiger partial charge in [0, 0.05) is 55.6 Å². The van der Waals surface area contributed by atoms with Crippen LogP contribution in [0.15, 0.2) is 40.5 Å². The average molecular weight is 408 g/mol. The fourth-order valence-electron chi connectivity index (χ4n) is 3.45. The number of anilines is 1. The minimum absolute atomic E-state index is 0.0821. The van der Waals surface area contributed by atoms with E-state index in [1.54, 1.807) is 16.5 Å². The Bertz CT molecular complexity index is 1050. The normalized spacial score (nSPS) is 16.1. The molecule has 148 valence electrons. The van der Waals surface area contributed by atoms with E-state index in [0.717, 1.165) is 17.5 Å². The van der Waals surface area contributed by atoms with Crippen LogP contribution < -0.4 is 10.5 Å². The summed E-state index contributed by atoms with van der Waals surface area (Å²) in [7, 11) is 0. The summed E-state index contributed by atoms with van der Waals surface area (Å²) in [5.74, 6) is 0. The number of benzene rings is 1. The monoisotopic (exact) mass is 408 g/mol. The van der Waals surface area contributed by atoms with Gasteiger partial charge in [-0.3, -0.25) is 14.1 Å². The average Bonchev–Trinajstić information content (AvgIpc) is 3.03. The van der Waals surface area contributed by atoms with Crippen LogP contribution in [0.25, 0.3) is 4.96 Å². The number of hydrogen-bond acceptors (Lipinski definition) is 5. The molecule has 0 N–H and O–H groups in total. The van der Waals surface area contributed by atoms with Crippen molar-refractivity contribution in [2.24, 2.45) is 0 Å². The zero-order valence-electron chi connectivity index (χ0n) is 15.2. The maximum atomic E-state index is 12.9. The fourth-order valence-corrected chi connectivity index (χ4v) is 4.34. The number of piperazine rings is 1. The number of aromatic nitrogens is 2. The summed E-state index contributed by atoms with van der Waals surface area (Å²) in [5.41, 5.74) is 1.47. The van der Waals surface area contributed by atoms with Gasteiger partial charge in [0.05, 0.1) is 11.3 Å². The van der Waals surface area contributed by atoms with Crippen LogP contribution in [-0.2, 0) is 12.7 Å². The molecule has 3 aromatic rings.